The van der Waals surface area contributed by atoms with Crippen LogP contribution in [0, 0.1) is 0 Å². The minimum atomic E-state index is 0.481. The number of ether oxygens (including phenoxy) is 1. The van der Waals surface area contributed by atoms with Gasteiger partial charge in [0.2, 0.25) is 5.88 Å². The molecule has 2 heteroatoms. The quantitative estimate of drug-likeness (QED) is 0.402. The topological polar surface area (TPSA) is 21.6 Å². The van der Waals surface area contributed by atoms with Crippen LogP contribution in [0.25, 0.3) is 0 Å². The van der Waals surface area contributed by atoms with Crippen molar-refractivity contribution in [3.63, 3.8) is 0 Å². The molecule has 0 radical (unpaired) electrons. The van der Waals surface area contributed by atoms with Crippen molar-refractivity contribution in [3.05, 3.63) is 12.5 Å². The third-order valence-electron chi connectivity index (χ3n) is 0.584. The molecule has 0 saturated heterocycles. The van der Waals surface area contributed by atoms with E-state index in [1.165, 1.54) is 0 Å². The lowest BCUT2D eigenvalue weighted by molar-refractivity contribution is 0.229. The van der Waals surface area contributed by atoms with Gasteiger partial charge in [-0.3, -0.25) is 0 Å². The largest absolute Gasteiger partial charge is 0.478 e. The van der Waals surface area contributed by atoms with Crippen LogP contribution >= 0.6 is 0 Å². The molecule has 0 aliphatic carbocycles. The Morgan fingerprint density at radius 2 is 2.50 bits per heavy atom. The first-order chi connectivity index (χ1) is 3.81. The monoisotopic (exact) mass is 113 g/mol. The van der Waals surface area contributed by atoms with Crippen LogP contribution in [0.3, 0.4) is 0 Å². The third-order valence-corrected chi connectivity index (χ3v) is 0.584. The Balaban J connectivity index is 3.33. The smallest absolute Gasteiger partial charge is 0.205 e. The van der Waals surface area contributed by atoms with E-state index in [9.17, 15) is 0 Å². The highest BCUT2D eigenvalue weighted by Crippen LogP contribution is 1.91. The van der Waals surface area contributed by atoms with Crippen molar-refractivity contribution in [2.75, 3.05) is 6.61 Å². The molecule has 46 valence electrons. The maximum Gasteiger partial charge on any atom is 0.205 e. The van der Waals surface area contributed by atoms with E-state index in [4.69, 9.17) is 4.74 Å². The highest BCUT2D eigenvalue weighted by molar-refractivity contribution is 5.54. The Morgan fingerprint density at radius 3 is 2.88 bits per heavy atom. The predicted octanol–water partition coefficient (Wildman–Crippen LogP) is 1.58. The third kappa shape index (κ3) is 3.40. The molecular formula is C6H11NO. The molecule has 0 unspecified atom stereocenters. The molecule has 0 aromatic carbocycles. The highest BCUT2D eigenvalue weighted by Gasteiger charge is 1.80. The lowest BCUT2D eigenvalue weighted by Crippen LogP contribution is -1.85. The molecule has 0 spiro atoms. The van der Waals surface area contributed by atoms with E-state index in [1.807, 2.05) is 13.8 Å². The van der Waals surface area contributed by atoms with Gasteiger partial charge in [0.1, 0.15) is 0 Å². The molecule has 0 saturated carbocycles. The Kier molecular flexibility index (Phi) is 3.94. The minimum absolute atomic E-state index is 0.481. The predicted molar refractivity (Wildman–Crippen MR) is 34.9 cm³/mol. The van der Waals surface area contributed by atoms with Crippen LogP contribution in [0.15, 0.2) is 17.5 Å². The Hall–Kier alpha value is -0.790. The molecule has 0 atom stereocenters. The zero-order valence-electron chi connectivity index (χ0n) is 5.35. The summed E-state index contributed by atoms with van der Waals surface area (Å²) in [6.45, 7) is 7.87. The van der Waals surface area contributed by atoms with Crippen molar-refractivity contribution in [1.82, 2.24) is 0 Å². The Labute approximate surface area is 49.9 Å². The summed E-state index contributed by atoms with van der Waals surface area (Å²) in [4.78, 5) is 3.77. The fourth-order valence-electron chi connectivity index (χ4n) is 0.348. The summed E-state index contributed by atoms with van der Waals surface area (Å²) in [6.07, 6.45) is 1.65. The lowest BCUT2D eigenvalue weighted by atomic mass is 10.8. The standard InChI is InChI=1S/C6H11NO/c1-4-7-6(3)8-5-2/h4H,3,5H2,1-2H3. The molecule has 0 bridgehead atoms. The summed E-state index contributed by atoms with van der Waals surface area (Å²) in [7, 11) is 0. The van der Waals surface area contributed by atoms with Crippen LogP contribution in [0.2, 0.25) is 0 Å². The molecule has 0 aliphatic rings. The summed E-state index contributed by atoms with van der Waals surface area (Å²) >= 11 is 0. The number of rotatable bonds is 3. The van der Waals surface area contributed by atoms with E-state index in [1.54, 1.807) is 6.21 Å². The fourth-order valence-corrected chi connectivity index (χ4v) is 0.348. The second-order valence-electron chi connectivity index (χ2n) is 1.21. The molecule has 2 nitrogen and oxygen atoms in total. The van der Waals surface area contributed by atoms with Crippen LogP contribution in [0.1, 0.15) is 13.8 Å². The summed E-state index contributed by atoms with van der Waals surface area (Å²) in [5.41, 5.74) is 0. The van der Waals surface area contributed by atoms with Crippen molar-refractivity contribution in [3.8, 4) is 0 Å². The number of hydrogen-bond donors (Lipinski definition) is 0. The molecule has 0 aliphatic heterocycles. The van der Waals surface area contributed by atoms with Crippen molar-refractivity contribution < 1.29 is 4.74 Å². The van der Waals surface area contributed by atoms with E-state index in [-0.39, 0.29) is 0 Å². The first-order valence-electron chi connectivity index (χ1n) is 2.61. The van der Waals surface area contributed by atoms with Crippen molar-refractivity contribution in [2.24, 2.45) is 4.99 Å². The molecule has 0 amide bonds. The summed E-state index contributed by atoms with van der Waals surface area (Å²) in [5.74, 6) is 0.481. The van der Waals surface area contributed by atoms with Gasteiger partial charge in [-0.15, -0.1) is 0 Å². The molecule has 0 aromatic heterocycles. The van der Waals surface area contributed by atoms with Crippen LogP contribution < -0.4 is 0 Å². The van der Waals surface area contributed by atoms with Crippen molar-refractivity contribution in [2.45, 2.75) is 13.8 Å². The number of hydrogen-bond acceptors (Lipinski definition) is 2. The van der Waals surface area contributed by atoms with Crippen LogP contribution in [0.4, 0.5) is 0 Å². The Bertz CT molecular complexity index is 96.7. The van der Waals surface area contributed by atoms with Gasteiger partial charge in [0, 0.05) is 6.21 Å². The SMILES string of the molecule is C=C(N=CC)OCC. The van der Waals surface area contributed by atoms with Gasteiger partial charge in [0.15, 0.2) is 0 Å². The molecule has 0 heterocycles. The van der Waals surface area contributed by atoms with Gasteiger partial charge in [0.25, 0.3) is 0 Å². The van der Waals surface area contributed by atoms with E-state index < -0.39 is 0 Å². The van der Waals surface area contributed by atoms with Gasteiger partial charge in [-0.05, 0) is 20.4 Å². The average Bonchev–Trinajstić information content (AvgIpc) is 1.68. The average molecular weight is 113 g/mol. The van der Waals surface area contributed by atoms with Crippen LogP contribution in [0.5, 0.6) is 0 Å². The number of aliphatic imine (C=N–C) groups is 1. The van der Waals surface area contributed by atoms with Crippen LogP contribution in [-0.4, -0.2) is 12.8 Å². The zero-order valence-corrected chi connectivity index (χ0v) is 5.35. The first-order valence-corrected chi connectivity index (χ1v) is 2.61. The molecular weight excluding hydrogens is 102 g/mol. The second-order valence-corrected chi connectivity index (χ2v) is 1.21. The molecule has 0 aromatic rings. The Morgan fingerprint density at radius 1 is 1.88 bits per heavy atom. The fraction of sp³-hybridized carbons (Fsp3) is 0.500. The molecule has 0 rings (SSSR count). The minimum Gasteiger partial charge on any atom is -0.478 e. The van der Waals surface area contributed by atoms with E-state index in [0.29, 0.717) is 12.5 Å². The molecule has 0 fully saturated rings. The van der Waals surface area contributed by atoms with E-state index in [2.05, 4.69) is 11.6 Å². The summed E-state index contributed by atoms with van der Waals surface area (Å²) < 4.78 is 4.89. The molecule has 8 heavy (non-hydrogen) atoms. The zero-order chi connectivity index (χ0) is 6.41. The maximum atomic E-state index is 4.89. The molecule has 0 N–H and O–H groups in total. The maximum absolute atomic E-state index is 4.89. The van der Waals surface area contributed by atoms with Gasteiger partial charge in [0.05, 0.1) is 6.61 Å². The summed E-state index contributed by atoms with van der Waals surface area (Å²) in [5, 5.41) is 0. The summed E-state index contributed by atoms with van der Waals surface area (Å²) in [6, 6.07) is 0. The second kappa shape index (κ2) is 4.37. The van der Waals surface area contributed by atoms with Gasteiger partial charge >= 0.3 is 0 Å². The first kappa shape index (κ1) is 7.21. The van der Waals surface area contributed by atoms with Crippen LogP contribution in [-0.2, 0) is 4.74 Å². The van der Waals surface area contributed by atoms with Crippen molar-refractivity contribution >= 4 is 6.21 Å². The van der Waals surface area contributed by atoms with Crippen molar-refractivity contribution in [1.29, 1.82) is 0 Å². The highest BCUT2D eigenvalue weighted by atomic mass is 16.5. The van der Waals surface area contributed by atoms with Gasteiger partial charge in [-0.25, -0.2) is 4.99 Å². The van der Waals surface area contributed by atoms with Gasteiger partial charge in [-0.1, -0.05) is 0 Å². The van der Waals surface area contributed by atoms with Gasteiger partial charge in [-0.2, -0.15) is 0 Å². The number of nitrogens with zero attached hydrogens (tertiary/aromatic N) is 1. The van der Waals surface area contributed by atoms with E-state index in [0.717, 1.165) is 0 Å². The normalized spacial score (nSPS) is 9.75. The lowest BCUT2D eigenvalue weighted by Gasteiger charge is -1.97. The van der Waals surface area contributed by atoms with Gasteiger partial charge < -0.3 is 4.74 Å². The van der Waals surface area contributed by atoms with E-state index >= 15 is 0 Å².